The molecule has 4 nitrogen and oxygen atoms in total. The van der Waals surface area contributed by atoms with Crippen molar-refractivity contribution in [2.45, 2.75) is 29.9 Å². The lowest BCUT2D eigenvalue weighted by Gasteiger charge is -2.02. The lowest BCUT2D eigenvalue weighted by Crippen LogP contribution is -2.12. The van der Waals surface area contributed by atoms with Crippen LogP contribution < -0.4 is 5.32 Å². The van der Waals surface area contributed by atoms with Crippen molar-refractivity contribution in [3.63, 3.8) is 0 Å². The van der Waals surface area contributed by atoms with Crippen molar-refractivity contribution in [3.05, 3.63) is 40.7 Å². The molecule has 1 saturated heterocycles. The van der Waals surface area contributed by atoms with Gasteiger partial charge in [-0.3, -0.25) is 0 Å². The van der Waals surface area contributed by atoms with E-state index in [9.17, 15) is 0 Å². The second-order valence-electron chi connectivity index (χ2n) is 4.47. The van der Waals surface area contributed by atoms with Crippen molar-refractivity contribution in [2.75, 3.05) is 6.54 Å². The number of rotatable bonds is 4. The van der Waals surface area contributed by atoms with Crippen molar-refractivity contribution in [1.82, 2.24) is 15.5 Å². The third-order valence-electron chi connectivity index (χ3n) is 3.06. The lowest BCUT2D eigenvalue weighted by molar-refractivity contribution is 0.374. The Bertz CT molecular complexity index is 541. The van der Waals surface area contributed by atoms with E-state index < -0.39 is 0 Å². The average Bonchev–Trinajstić information content (AvgIpc) is 3.09. The van der Waals surface area contributed by atoms with Crippen molar-refractivity contribution < 1.29 is 4.42 Å². The molecule has 0 bridgehead atoms. The Morgan fingerprint density at radius 2 is 2.10 bits per heavy atom. The molecule has 1 N–H and O–H groups in total. The molecule has 7 heteroatoms. The van der Waals surface area contributed by atoms with E-state index in [1.54, 1.807) is 11.8 Å². The highest BCUT2D eigenvalue weighted by molar-refractivity contribution is 7.98. The maximum atomic E-state index is 5.85. The molecule has 0 amide bonds. The molecular formula is C13H15Cl2N3OS. The molecule has 108 valence electrons. The predicted octanol–water partition coefficient (Wildman–Crippen LogP) is 3.86. The maximum absolute atomic E-state index is 5.85. The number of nitrogens with one attached hydrogen (secondary N) is 1. The van der Waals surface area contributed by atoms with Crippen molar-refractivity contribution in [2.24, 2.45) is 0 Å². The molecule has 3 rings (SSSR count). The molecule has 1 aromatic carbocycles. The number of aromatic nitrogens is 2. The summed E-state index contributed by atoms with van der Waals surface area (Å²) in [6.45, 7) is 1.03. The summed E-state index contributed by atoms with van der Waals surface area (Å²) in [4.78, 5) is 0. The van der Waals surface area contributed by atoms with Crippen molar-refractivity contribution >= 4 is 35.8 Å². The molecule has 2 aromatic rings. The monoisotopic (exact) mass is 331 g/mol. The molecule has 20 heavy (non-hydrogen) atoms. The molecule has 1 atom stereocenters. The van der Waals surface area contributed by atoms with Crippen LogP contribution in [0.2, 0.25) is 5.02 Å². The summed E-state index contributed by atoms with van der Waals surface area (Å²) in [7, 11) is 0. The van der Waals surface area contributed by atoms with Crippen LogP contribution in [0, 0.1) is 0 Å². The van der Waals surface area contributed by atoms with E-state index in [1.165, 1.54) is 12.0 Å². The fourth-order valence-electron chi connectivity index (χ4n) is 2.04. The largest absolute Gasteiger partial charge is 0.414 e. The Labute approximate surface area is 133 Å². The van der Waals surface area contributed by atoms with Gasteiger partial charge in [0.1, 0.15) is 0 Å². The van der Waals surface area contributed by atoms with Gasteiger partial charge in [0, 0.05) is 10.8 Å². The number of hydrogen-bond acceptors (Lipinski definition) is 5. The zero-order valence-corrected chi connectivity index (χ0v) is 13.1. The van der Waals surface area contributed by atoms with Crippen LogP contribution >= 0.6 is 35.8 Å². The zero-order valence-electron chi connectivity index (χ0n) is 10.7. The Morgan fingerprint density at radius 1 is 1.30 bits per heavy atom. The molecule has 1 fully saturated rings. The molecule has 0 radical (unpaired) electrons. The van der Waals surface area contributed by atoms with Gasteiger partial charge in [-0.1, -0.05) is 35.5 Å². The molecule has 1 aliphatic rings. The summed E-state index contributed by atoms with van der Waals surface area (Å²) in [5, 5.41) is 12.9. The van der Waals surface area contributed by atoms with Gasteiger partial charge >= 0.3 is 0 Å². The minimum absolute atomic E-state index is 0. The van der Waals surface area contributed by atoms with Crippen LogP contribution in [0.15, 0.2) is 33.9 Å². The van der Waals surface area contributed by atoms with Crippen LogP contribution in [0.4, 0.5) is 0 Å². The van der Waals surface area contributed by atoms with Crippen LogP contribution in [0.5, 0.6) is 0 Å². The number of halogens is 2. The third kappa shape index (κ3) is 3.88. The summed E-state index contributed by atoms with van der Waals surface area (Å²) < 4.78 is 5.67. The minimum atomic E-state index is 0. The quantitative estimate of drug-likeness (QED) is 0.862. The number of benzene rings is 1. The van der Waals surface area contributed by atoms with Gasteiger partial charge in [-0.15, -0.1) is 22.6 Å². The first-order valence-corrected chi connectivity index (χ1v) is 7.61. The van der Waals surface area contributed by atoms with Crippen molar-refractivity contribution in [1.29, 1.82) is 0 Å². The van der Waals surface area contributed by atoms with Gasteiger partial charge in [0.15, 0.2) is 0 Å². The van der Waals surface area contributed by atoms with Gasteiger partial charge in [0.05, 0.1) is 6.04 Å². The number of nitrogens with zero attached hydrogens (tertiary/aromatic N) is 2. The summed E-state index contributed by atoms with van der Waals surface area (Å²) >= 11 is 7.40. The minimum Gasteiger partial charge on any atom is -0.414 e. The van der Waals surface area contributed by atoms with Gasteiger partial charge in [-0.2, -0.15) is 0 Å². The zero-order chi connectivity index (χ0) is 13.1. The van der Waals surface area contributed by atoms with E-state index in [1.807, 2.05) is 24.3 Å². The van der Waals surface area contributed by atoms with Crippen LogP contribution in [0.25, 0.3) is 0 Å². The first-order valence-electron chi connectivity index (χ1n) is 6.25. The highest BCUT2D eigenvalue weighted by atomic mass is 35.5. The van der Waals surface area contributed by atoms with E-state index in [0.717, 1.165) is 23.7 Å². The van der Waals surface area contributed by atoms with E-state index >= 15 is 0 Å². The molecule has 1 unspecified atom stereocenters. The van der Waals surface area contributed by atoms with Crippen LogP contribution in [-0.2, 0) is 5.75 Å². The third-order valence-corrected chi connectivity index (χ3v) is 4.20. The summed E-state index contributed by atoms with van der Waals surface area (Å²) in [6.07, 6.45) is 2.24. The van der Waals surface area contributed by atoms with Crippen LogP contribution in [-0.4, -0.2) is 16.7 Å². The van der Waals surface area contributed by atoms with Gasteiger partial charge in [-0.25, -0.2) is 0 Å². The van der Waals surface area contributed by atoms with E-state index in [2.05, 4.69) is 15.5 Å². The van der Waals surface area contributed by atoms with Crippen molar-refractivity contribution in [3.8, 4) is 0 Å². The number of thioether (sulfide) groups is 1. The Kier molecular flexibility index (Phi) is 5.72. The normalized spacial score (nSPS) is 17.9. The lowest BCUT2D eigenvalue weighted by atomic mass is 10.2. The topological polar surface area (TPSA) is 51.0 Å². The first-order chi connectivity index (χ1) is 9.31. The summed E-state index contributed by atoms with van der Waals surface area (Å²) in [5.74, 6) is 1.51. The highest BCUT2D eigenvalue weighted by Crippen LogP contribution is 2.27. The molecule has 2 heterocycles. The first kappa shape index (κ1) is 15.6. The van der Waals surface area contributed by atoms with Crippen LogP contribution in [0.3, 0.4) is 0 Å². The van der Waals surface area contributed by atoms with E-state index in [0.29, 0.717) is 11.1 Å². The second-order valence-corrected chi connectivity index (χ2v) is 5.83. The van der Waals surface area contributed by atoms with Gasteiger partial charge in [0.25, 0.3) is 5.22 Å². The Balaban J connectivity index is 0.00000147. The molecule has 0 aliphatic carbocycles. The standard InChI is InChI=1S/C13H14ClN3OS.ClH/c14-10-5-3-9(4-6-10)8-19-13-17-16-12(18-13)11-2-1-7-15-11;/h3-6,11,15H,1-2,7-8H2;1H. The van der Waals surface area contributed by atoms with Crippen LogP contribution in [0.1, 0.15) is 30.3 Å². The molecule has 0 spiro atoms. The Morgan fingerprint density at radius 3 is 2.80 bits per heavy atom. The molecular weight excluding hydrogens is 317 g/mol. The van der Waals surface area contributed by atoms with E-state index in [-0.39, 0.29) is 18.4 Å². The molecule has 1 aromatic heterocycles. The fraction of sp³-hybridized carbons (Fsp3) is 0.385. The molecule has 0 saturated carbocycles. The van der Waals surface area contributed by atoms with Gasteiger partial charge in [0.2, 0.25) is 5.89 Å². The smallest absolute Gasteiger partial charge is 0.276 e. The van der Waals surface area contributed by atoms with E-state index in [4.69, 9.17) is 16.0 Å². The fourth-order valence-corrected chi connectivity index (χ4v) is 2.89. The maximum Gasteiger partial charge on any atom is 0.276 e. The molecule has 1 aliphatic heterocycles. The number of hydrogen-bond donors (Lipinski definition) is 1. The summed E-state index contributed by atoms with van der Waals surface area (Å²) in [5.41, 5.74) is 1.19. The van der Waals surface area contributed by atoms with Gasteiger partial charge in [-0.05, 0) is 37.1 Å². The highest BCUT2D eigenvalue weighted by Gasteiger charge is 2.22. The summed E-state index contributed by atoms with van der Waals surface area (Å²) in [6, 6.07) is 8.02. The predicted molar refractivity (Wildman–Crippen MR) is 82.5 cm³/mol. The average molecular weight is 332 g/mol. The SMILES string of the molecule is Cl.Clc1ccc(CSc2nnc(C3CCCN3)o2)cc1. The Hall–Kier alpha value is -0.750. The van der Waals surface area contributed by atoms with Gasteiger partial charge < -0.3 is 9.73 Å². The second kappa shape index (κ2) is 7.31.